The lowest BCUT2D eigenvalue weighted by molar-refractivity contribution is 0.0986. The molecule has 5 nitrogen and oxygen atoms in total. The van der Waals surface area contributed by atoms with E-state index in [0.29, 0.717) is 12.2 Å². The minimum atomic E-state index is -0.503. The van der Waals surface area contributed by atoms with Crippen LogP contribution in [-0.2, 0) is 0 Å². The summed E-state index contributed by atoms with van der Waals surface area (Å²) in [5.41, 5.74) is 0.362. The van der Waals surface area contributed by atoms with Crippen LogP contribution in [0.15, 0.2) is 51.9 Å². The molecule has 1 aromatic heterocycles. The van der Waals surface area contributed by atoms with Gasteiger partial charge in [-0.1, -0.05) is 6.07 Å². The molecule has 0 spiro atoms. The molecule has 1 heterocycles. The van der Waals surface area contributed by atoms with E-state index in [-0.39, 0.29) is 17.2 Å². The van der Waals surface area contributed by atoms with E-state index in [0.717, 1.165) is 6.26 Å². The minimum absolute atomic E-state index is 0.0864. The van der Waals surface area contributed by atoms with Gasteiger partial charge in [-0.05, 0) is 25.1 Å². The second kappa shape index (κ2) is 5.39. The summed E-state index contributed by atoms with van der Waals surface area (Å²) < 4.78 is 4.68. The number of anilines is 1. The van der Waals surface area contributed by atoms with E-state index in [1.807, 2.05) is 6.92 Å². The van der Waals surface area contributed by atoms with Crippen molar-refractivity contribution in [1.82, 2.24) is 0 Å². The number of phenols is 1. The molecule has 1 N–H and O–H groups in total. The van der Waals surface area contributed by atoms with Gasteiger partial charge in [-0.2, -0.15) is 0 Å². The SMILES string of the molecule is CCN(C(=O)c1ccc(=O)oc1)c1cccc(O)c1. The topological polar surface area (TPSA) is 70.8 Å². The summed E-state index contributed by atoms with van der Waals surface area (Å²) in [4.78, 5) is 24.6. The van der Waals surface area contributed by atoms with Gasteiger partial charge in [-0.25, -0.2) is 4.79 Å². The molecule has 0 aliphatic rings. The highest BCUT2D eigenvalue weighted by atomic mass is 16.4. The molecule has 5 heteroatoms. The monoisotopic (exact) mass is 259 g/mol. The lowest BCUT2D eigenvalue weighted by atomic mass is 10.2. The normalized spacial score (nSPS) is 10.2. The van der Waals surface area contributed by atoms with Crippen LogP contribution in [-0.4, -0.2) is 17.6 Å². The molecule has 0 aliphatic carbocycles. The van der Waals surface area contributed by atoms with Crippen LogP contribution in [0.5, 0.6) is 5.75 Å². The van der Waals surface area contributed by atoms with Gasteiger partial charge in [-0.15, -0.1) is 0 Å². The maximum atomic E-state index is 12.3. The lowest BCUT2D eigenvalue weighted by Crippen LogP contribution is -2.30. The molecule has 0 unspecified atom stereocenters. The average molecular weight is 259 g/mol. The molecule has 0 saturated carbocycles. The van der Waals surface area contributed by atoms with Gasteiger partial charge in [0.2, 0.25) is 0 Å². The van der Waals surface area contributed by atoms with Crippen molar-refractivity contribution < 1.29 is 14.3 Å². The number of phenolic OH excluding ortho intramolecular Hbond substituents is 1. The summed E-state index contributed by atoms with van der Waals surface area (Å²) in [5.74, 6) is -0.208. The number of aromatic hydroxyl groups is 1. The van der Waals surface area contributed by atoms with Crippen molar-refractivity contribution in [3.63, 3.8) is 0 Å². The number of carbonyl (C=O) groups is 1. The molecule has 1 aromatic carbocycles. The van der Waals surface area contributed by atoms with Gasteiger partial charge in [0.15, 0.2) is 0 Å². The fourth-order valence-corrected chi connectivity index (χ4v) is 1.74. The maximum Gasteiger partial charge on any atom is 0.335 e. The Balaban J connectivity index is 2.34. The van der Waals surface area contributed by atoms with Crippen molar-refractivity contribution in [2.24, 2.45) is 0 Å². The third-order valence-corrected chi connectivity index (χ3v) is 2.65. The predicted molar refractivity (Wildman–Crippen MR) is 70.4 cm³/mol. The summed E-state index contributed by atoms with van der Waals surface area (Å²) in [5, 5.41) is 9.45. The number of carbonyl (C=O) groups excluding carboxylic acids is 1. The Morgan fingerprint density at radius 1 is 1.32 bits per heavy atom. The molecule has 0 aliphatic heterocycles. The molecule has 2 rings (SSSR count). The van der Waals surface area contributed by atoms with E-state index >= 15 is 0 Å². The number of nitrogens with zero attached hydrogens (tertiary/aromatic N) is 1. The van der Waals surface area contributed by atoms with E-state index in [9.17, 15) is 14.7 Å². The van der Waals surface area contributed by atoms with E-state index < -0.39 is 5.63 Å². The molecular formula is C14H13NO4. The average Bonchev–Trinajstić information content (AvgIpc) is 2.40. The van der Waals surface area contributed by atoms with Gasteiger partial charge >= 0.3 is 5.63 Å². The van der Waals surface area contributed by atoms with Crippen LogP contribution in [0.3, 0.4) is 0 Å². The molecule has 0 fully saturated rings. The van der Waals surface area contributed by atoms with Crippen LogP contribution < -0.4 is 10.5 Å². The van der Waals surface area contributed by atoms with Crippen LogP contribution in [0.4, 0.5) is 5.69 Å². The quantitative estimate of drug-likeness (QED) is 0.915. The van der Waals surface area contributed by atoms with Crippen LogP contribution in [0.25, 0.3) is 0 Å². The number of benzene rings is 1. The molecule has 2 aromatic rings. The fourth-order valence-electron chi connectivity index (χ4n) is 1.74. The molecule has 0 radical (unpaired) electrons. The number of hydrogen-bond acceptors (Lipinski definition) is 4. The second-order valence-corrected chi connectivity index (χ2v) is 3.91. The Labute approximate surface area is 109 Å². The Morgan fingerprint density at radius 3 is 2.68 bits per heavy atom. The second-order valence-electron chi connectivity index (χ2n) is 3.91. The first-order chi connectivity index (χ1) is 9.11. The van der Waals surface area contributed by atoms with E-state index in [1.54, 1.807) is 12.1 Å². The molecule has 19 heavy (non-hydrogen) atoms. The number of hydrogen-bond donors (Lipinski definition) is 1. The van der Waals surface area contributed by atoms with Crippen molar-refractivity contribution >= 4 is 11.6 Å². The van der Waals surface area contributed by atoms with Gasteiger partial charge in [0.25, 0.3) is 5.91 Å². The third kappa shape index (κ3) is 2.82. The van der Waals surface area contributed by atoms with Crippen molar-refractivity contribution in [3.05, 3.63) is 58.6 Å². The van der Waals surface area contributed by atoms with Gasteiger partial charge in [0.1, 0.15) is 12.0 Å². The Kier molecular flexibility index (Phi) is 3.66. The predicted octanol–water partition coefficient (Wildman–Crippen LogP) is 2.01. The number of amides is 1. The van der Waals surface area contributed by atoms with Crippen LogP contribution >= 0.6 is 0 Å². The fraction of sp³-hybridized carbons (Fsp3) is 0.143. The van der Waals surface area contributed by atoms with Gasteiger partial charge in [-0.3, -0.25) is 4.79 Å². The first-order valence-electron chi connectivity index (χ1n) is 5.81. The summed E-state index contributed by atoms with van der Waals surface area (Å²) in [6, 6.07) is 9.03. The third-order valence-electron chi connectivity index (χ3n) is 2.65. The Morgan fingerprint density at radius 2 is 2.11 bits per heavy atom. The summed E-state index contributed by atoms with van der Waals surface area (Å²) in [6.45, 7) is 2.25. The first kappa shape index (κ1) is 12.9. The van der Waals surface area contributed by atoms with Gasteiger partial charge < -0.3 is 14.4 Å². The maximum absolute atomic E-state index is 12.3. The van der Waals surface area contributed by atoms with E-state index in [2.05, 4.69) is 4.42 Å². The van der Waals surface area contributed by atoms with Crippen molar-refractivity contribution in [1.29, 1.82) is 0 Å². The molecule has 0 saturated heterocycles. The molecule has 98 valence electrons. The summed E-state index contributed by atoms with van der Waals surface area (Å²) in [7, 11) is 0. The lowest BCUT2D eigenvalue weighted by Gasteiger charge is -2.20. The molecule has 0 bridgehead atoms. The highest BCUT2D eigenvalue weighted by Crippen LogP contribution is 2.21. The van der Waals surface area contributed by atoms with E-state index in [4.69, 9.17) is 0 Å². The highest BCUT2D eigenvalue weighted by Gasteiger charge is 2.17. The first-order valence-corrected chi connectivity index (χ1v) is 5.81. The Hall–Kier alpha value is -2.56. The zero-order valence-electron chi connectivity index (χ0n) is 10.4. The molecule has 0 atom stereocenters. The van der Waals surface area contributed by atoms with Crippen LogP contribution in [0.1, 0.15) is 17.3 Å². The summed E-state index contributed by atoms with van der Waals surface area (Å²) >= 11 is 0. The number of rotatable bonds is 3. The standard InChI is InChI=1S/C14H13NO4/c1-2-15(11-4-3-5-12(16)8-11)14(18)10-6-7-13(17)19-9-10/h3-9,16H,2H2,1H3. The highest BCUT2D eigenvalue weighted by molar-refractivity contribution is 6.05. The molecule has 1 amide bonds. The zero-order valence-corrected chi connectivity index (χ0v) is 10.4. The Bertz CT molecular complexity index is 627. The summed E-state index contributed by atoms with van der Waals surface area (Å²) in [6.07, 6.45) is 1.14. The van der Waals surface area contributed by atoms with Crippen molar-refractivity contribution in [2.75, 3.05) is 11.4 Å². The van der Waals surface area contributed by atoms with E-state index in [1.165, 1.54) is 29.2 Å². The van der Waals surface area contributed by atoms with Gasteiger partial charge in [0, 0.05) is 24.4 Å². The van der Waals surface area contributed by atoms with Crippen LogP contribution in [0, 0.1) is 0 Å². The van der Waals surface area contributed by atoms with Crippen molar-refractivity contribution in [2.45, 2.75) is 6.92 Å². The van der Waals surface area contributed by atoms with Crippen LogP contribution in [0.2, 0.25) is 0 Å². The largest absolute Gasteiger partial charge is 0.508 e. The zero-order chi connectivity index (χ0) is 13.8. The molecular weight excluding hydrogens is 246 g/mol. The van der Waals surface area contributed by atoms with Crippen molar-refractivity contribution in [3.8, 4) is 5.75 Å². The van der Waals surface area contributed by atoms with Gasteiger partial charge in [0.05, 0.1) is 5.56 Å². The minimum Gasteiger partial charge on any atom is -0.508 e. The smallest absolute Gasteiger partial charge is 0.335 e.